The first kappa shape index (κ1) is 29.0. The molecule has 0 fully saturated rings. The van der Waals surface area contributed by atoms with Crippen LogP contribution < -0.4 is 0 Å². The number of halogens is 3. The SMILES string of the molecule is CCCCCCCCC(CCCCCc1ccc(C(F)(F)F)cc1)C(O)(C(C)C)C(C)C. The van der Waals surface area contributed by atoms with Gasteiger partial charge >= 0.3 is 6.18 Å². The fourth-order valence-electron chi connectivity index (χ4n) is 5.14. The third-order valence-electron chi connectivity index (χ3n) is 7.21. The summed E-state index contributed by atoms with van der Waals surface area (Å²) < 4.78 is 38.1. The Morgan fingerprint density at radius 1 is 0.719 bits per heavy atom. The second-order valence-corrected chi connectivity index (χ2v) is 10.2. The van der Waals surface area contributed by atoms with Gasteiger partial charge in [0, 0.05) is 0 Å². The number of benzene rings is 1. The Bertz CT molecular complexity index is 596. The first-order valence-corrected chi connectivity index (χ1v) is 12.9. The molecule has 0 aromatic heterocycles. The van der Waals surface area contributed by atoms with Crippen molar-refractivity contribution in [2.75, 3.05) is 0 Å². The summed E-state index contributed by atoms with van der Waals surface area (Å²) in [4.78, 5) is 0. The Morgan fingerprint density at radius 2 is 1.19 bits per heavy atom. The van der Waals surface area contributed by atoms with Gasteiger partial charge in [-0.15, -0.1) is 0 Å². The lowest BCUT2D eigenvalue weighted by Gasteiger charge is -2.43. The number of rotatable bonds is 16. The molecule has 0 radical (unpaired) electrons. The molecule has 0 saturated heterocycles. The average Bonchev–Trinajstić information content (AvgIpc) is 2.73. The molecule has 0 bridgehead atoms. The maximum Gasteiger partial charge on any atom is 0.416 e. The van der Waals surface area contributed by atoms with Gasteiger partial charge in [0.05, 0.1) is 11.2 Å². The average molecular weight is 457 g/mol. The van der Waals surface area contributed by atoms with Gasteiger partial charge in [-0.3, -0.25) is 0 Å². The largest absolute Gasteiger partial charge is 0.416 e. The predicted octanol–water partition coefficient (Wildman–Crippen LogP) is 9.22. The Morgan fingerprint density at radius 3 is 1.66 bits per heavy atom. The van der Waals surface area contributed by atoms with E-state index in [-0.39, 0.29) is 11.8 Å². The minimum atomic E-state index is -4.27. The molecular weight excluding hydrogens is 409 g/mol. The van der Waals surface area contributed by atoms with Gasteiger partial charge in [-0.05, 0) is 61.1 Å². The van der Waals surface area contributed by atoms with Crippen molar-refractivity contribution < 1.29 is 18.3 Å². The van der Waals surface area contributed by atoms with Crippen molar-refractivity contribution in [3.63, 3.8) is 0 Å². The van der Waals surface area contributed by atoms with Crippen LogP contribution in [-0.4, -0.2) is 10.7 Å². The van der Waals surface area contributed by atoms with Crippen molar-refractivity contribution in [2.45, 2.75) is 123 Å². The summed E-state index contributed by atoms with van der Waals surface area (Å²) >= 11 is 0. The first-order valence-electron chi connectivity index (χ1n) is 12.9. The molecule has 32 heavy (non-hydrogen) atoms. The lowest BCUT2D eigenvalue weighted by molar-refractivity contribution is -0.137. The zero-order valence-electron chi connectivity index (χ0n) is 21.1. The Labute approximate surface area is 195 Å². The summed E-state index contributed by atoms with van der Waals surface area (Å²) in [6, 6.07) is 5.55. The number of alkyl halides is 3. The van der Waals surface area contributed by atoms with Crippen LogP contribution in [0.4, 0.5) is 13.2 Å². The highest BCUT2D eigenvalue weighted by Gasteiger charge is 2.41. The molecule has 0 aliphatic heterocycles. The lowest BCUT2D eigenvalue weighted by Crippen LogP contribution is -2.47. The van der Waals surface area contributed by atoms with Crippen molar-refractivity contribution in [3.05, 3.63) is 35.4 Å². The molecule has 0 aliphatic rings. The van der Waals surface area contributed by atoms with Crippen LogP contribution in [0.15, 0.2) is 24.3 Å². The van der Waals surface area contributed by atoms with E-state index in [0.29, 0.717) is 5.92 Å². The van der Waals surface area contributed by atoms with E-state index in [2.05, 4.69) is 34.6 Å². The van der Waals surface area contributed by atoms with Gasteiger partial charge in [0.25, 0.3) is 0 Å². The minimum Gasteiger partial charge on any atom is -0.389 e. The fraction of sp³-hybridized carbons (Fsp3) is 0.786. The molecule has 0 amide bonds. The Balaban J connectivity index is 2.54. The number of aliphatic hydroxyl groups is 1. The molecule has 0 spiro atoms. The quantitative estimate of drug-likeness (QED) is 0.246. The molecule has 1 aromatic rings. The molecule has 1 N–H and O–H groups in total. The van der Waals surface area contributed by atoms with Gasteiger partial charge in [-0.2, -0.15) is 13.2 Å². The lowest BCUT2D eigenvalue weighted by atomic mass is 9.68. The third kappa shape index (κ3) is 9.45. The van der Waals surface area contributed by atoms with Crippen LogP contribution in [-0.2, 0) is 12.6 Å². The molecule has 1 unspecified atom stereocenters. The van der Waals surface area contributed by atoms with Gasteiger partial charge in [0.2, 0.25) is 0 Å². The van der Waals surface area contributed by atoms with E-state index < -0.39 is 17.3 Å². The van der Waals surface area contributed by atoms with E-state index in [1.54, 1.807) is 12.1 Å². The second kappa shape index (κ2) is 14.3. The molecule has 0 heterocycles. The van der Waals surface area contributed by atoms with Gasteiger partial charge in [-0.25, -0.2) is 0 Å². The highest BCUT2D eigenvalue weighted by Crippen LogP contribution is 2.39. The van der Waals surface area contributed by atoms with Crippen molar-refractivity contribution in [1.29, 1.82) is 0 Å². The van der Waals surface area contributed by atoms with Crippen LogP contribution in [0.2, 0.25) is 0 Å². The molecule has 1 nitrogen and oxygen atoms in total. The maximum atomic E-state index is 12.7. The smallest absolute Gasteiger partial charge is 0.389 e. The summed E-state index contributed by atoms with van der Waals surface area (Å²) in [6.45, 7) is 10.8. The molecule has 0 aliphatic carbocycles. The van der Waals surface area contributed by atoms with Crippen molar-refractivity contribution in [1.82, 2.24) is 0 Å². The van der Waals surface area contributed by atoms with Crippen LogP contribution in [0.3, 0.4) is 0 Å². The van der Waals surface area contributed by atoms with Gasteiger partial charge in [0.15, 0.2) is 0 Å². The minimum absolute atomic E-state index is 0.222. The van der Waals surface area contributed by atoms with E-state index in [0.717, 1.165) is 44.1 Å². The van der Waals surface area contributed by atoms with Crippen molar-refractivity contribution in [3.8, 4) is 0 Å². The van der Waals surface area contributed by atoms with Crippen molar-refractivity contribution >= 4 is 0 Å². The Kier molecular flexibility index (Phi) is 12.9. The molecule has 4 heteroatoms. The Hall–Kier alpha value is -1.03. The van der Waals surface area contributed by atoms with Crippen molar-refractivity contribution in [2.24, 2.45) is 17.8 Å². The van der Waals surface area contributed by atoms with Gasteiger partial charge in [0.1, 0.15) is 0 Å². The van der Waals surface area contributed by atoms with E-state index in [1.165, 1.54) is 50.7 Å². The maximum absolute atomic E-state index is 12.7. The monoisotopic (exact) mass is 456 g/mol. The van der Waals surface area contributed by atoms with E-state index in [1.807, 2.05) is 0 Å². The number of unbranched alkanes of at least 4 members (excludes halogenated alkanes) is 7. The molecule has 1 rings (SSSR count). The zero-order valence-corrected chi connectivity index (χ0v) is 21.1. The van der Waals surface area contributed by atoms with Crippen LogP contribution in [0, 0.1) is 17.8 Å². The molecule has 186 valence electrons. The second-order valence-electron chi connectivity index (χ2n) is 10.2. The third-order valence-corrected chi connectivity index (χ3v) is 7.21. The number of hydrogen-bond donors (Lipinski definition) is 1. The van der Waals surface area contributed by atoms with Gasteiger partial charge < -0.3 is 5.11 Å². The molecule has 1 aromatic carbocycles. The number of aryl methyl sites for hydroxylation is 1. The van der Waals surface area contributed by atoms with E-state index >= 15 is 0 Å². The fourth-order valence-corrected chi connectivity index (χ4v) is 5.14. The number of hydrogen-bond acceptors (Lipinski definition) is 1. The summed E-state index contributed by atoms with van der Waals surface area (Å²) in [7, 11) is 0. The predicted molar refractivity (Wildman–Crippen MR) is 130 cm³/mol. The standard InChI is InChI=1S/C28H47F3O/c1-6-7-8-9-10-13-16-25(27(32,22(2)3)23(4)5)17-14-11-12-15-24-18-20-26(21-19-24)28(29,30)31/h18-23,25,32H,6-17H2,1-5H3. The topological polar surface area (TPSA) is 20.2 Å². The van der Waals surface area contributed by atoms with Gasteiger partial charge in [-0.1, -0.05) is 98.1 Å². The van der Waals surface area contributed by atoms with Crippen LogP contribution in [0.1, 0.15) is 116 Å². The summed E-state index contributed by atoms with van der Waals surface area (Å²) in [5, 5.41) is 11.6. The highest BCUT2D eigenvalue weighted by molar-refractivity contribution is 5.24. The zero-order chi connectivity index (χ0) is 24.2. The van der Waals surface area contributed by atoms with E-state index in [9.17, 15) is 18.3 Å². The summed E-state index contributed by atoms with van der Waals surface area (Å²) in [5.74, 6) is 0.749. The summed E-state index contributed by atoms with van der Waals surface area (Å²) in [5.41, 5.74) is -0.264. The van der Waals surface area contributed by atoms with Crippen LogP contribution in [0.5, 0.6) is 0 Å². The first-order chi connectivity index (χ1) is 15.0. The van der Waals surface area contributed by atoms with Crippen LogP contribution in [0.25, 0.3) is 0 Å². The molecule has 0 saturated carbocycles. The van der Waals surface area contributed by atoms with E-state index in [4.69, 9.17) is 0 Å². The molecular formula is C28H47F3O. The molecule has 1 atom stereocenters. The highest BCUT2D eigenvalue weighted by atomic mass is 19.4. The summed E-state index contributed by atoms with van der Waals surface area (Å²) in [6.07, 6.45) is 9.30. The van der Waals surface area contributed by atoms with Crippen LogP contribution >= 0.6 is 0 Å². The normalized spacial score (nSPS) is 13.8.